The first-order chi connectivity index (χ1) is 21.7. The van der Waals surface area contributed by atoms with E-state index >= 15 is 0 Å². The van der Waals surface area contributed by atoms with Gasteiger partial charge in [-0.05, 0) is 114 Å². The molecule has 8 aromatic rings. The lowest BCUT2D eigenvalue weighted by Crippen LogP contribution is -1.91. The molecule has 0 aliphatic heterocycles. The molecule has 0 amide bonds. The van der Waals surface area contributed by atoms with E-state index in [2.05, 4.69) is 172 Å². The van der Waals surface area contributed by atoms with Gasteiger partial charge in [-0.2, -0.15) is 0 Å². The van der Waals surface area contributed by atoms with E-state index in [-0.39, 0.29) is 0 Å². The Bertz CT molecular complexity index is 2280. The molecule has 0 fully saturated rings. The first kappa shape index (κ1) is 26.2. The number of fused-ring (bicyclic) bond motifs is 3. The largest absolute Gasteiger partial charge is 0.0622 e. The van der Waals surface area contributed by atoms with Crippen LogP contribution in [-0.2, 0) is 0 Å². The Balaban J connectivity index is 1.28. The molecular formula is C44H32. The number of aryl methyl sites for hydroxylation is 2. The van der Waals surface area contributed by atoms with Crippen LogP contribution < -0.4 is 0 Å². The molecule has 0 aliphatic rings. The van der Waals surface area contributed by atoms with Gasteiger partial charge in [0.05, 0.1) is 0 Å². The molecule has 0 saturated carbocycles. The van der Waals surface area contributed by atoms with Crippen LogP contribution in [0.1, 0.15) is 11.1 Å². The second-order valence-corrected chi connectivity index (χ2v) is 11.8. The van der Waals surface area contributed by atoms with Crippen LogP contribution in [0, 0.1) is 13.8 Å². The van der Waals surface area contributed by atoms with E-state index in [0.717, 1.165) is 0 Å². The second-order valence-electron chi connectivity index (χ2n) is 11.8. The predicted octanol–water partition coefficient (Wildman–Crippen LogP) is 12.4. The normalized spacial score (nSPS) is 11.4. The van der Waals surface area contributed by atoms with Crippen LogP contribution >= 0.6 is 0 Å². The van der Waals surface area contributed by atoms with Gasteiger partial charge in [-0.15, -0.1) is 0 Å². The Labute approximate surface area is 258 Å². The lowest BCUT2D eigenvalue weighted by molar-refractivity contribution is 1.42. The van der Waals surface area contributed by atoms with Gasteiger partial charge in [0.15, 0.2) is 0 Å². The quantitative estimate of drug-likeness (QED) is 0.188. The summed E-state index contributed by atoms with van der Waals surface area (Å²) < 4.78 is 0. The molecule has 8 aromatic carbocycles. The fraction of sp³-hybridized carbons (Fsp3) is 0.0455. The number of benzene rings is 8. The Hall–Kier alpha value is -5.46. The third-order valence-corrected chi connectivity index (χ3v) is 9.09. The van der Waals surface area contributed by atoms with Gasteiger partial charge in [0.2, 0.25) is 0 Å². The summed E-state index contributed by atoms with van der Waals surface area (Å²) in [4.78, 5) is 0. The number of hydrogen-bond acceptors (Lipinski definition) is 0. The molecule has 0 N–H and O–H groups in total. The van der Waals surface area contributed by atoms with E-state index in [1.807, 2.05) is 0 Å². The van der Waals surface area contributed by atoms with Crippen LogP contribution in [0.3, 0.4) is 0 Å². The summed E-state index contributed by atoms with van der Waals surface area (Å²) in [5.74, 6) is 0. The van der Waals surface area contributed by atoms with Gasteiger partial charge in [-0.3, -0.25) is 0 Å². The van der Waals surface area contributed by atoms with Crippen LogP contribution in [0.4, 0.5) is 0 Å². The summed E-state index contributed by atoms with van der Waals surface area (Å²) >= 11 is 0. The Morgan fingerprint density at radius 3 is 1.41 bits per heavy atom. The van der Waals surface area contributed by atoms with Gasteiger partial charge in [0, 0.05) is 0 Å². The minimum atomic E-state index is 1.23. The fourth-order valence-corrected chi connectivity index (χ4v) is 7.00. The van der Waals surface area contributed by atoms with Crippen molar-refractivity contribution in [3.8, 4) is 44.5 Å². The number of rotatable bonds is 4. The summed E-state index contributed by atoms with van der Waals surface area (Å²) in [6.07, 6.45) is 0. The van der Waals surface area contributed by atoms with Crippen molar-refractivity contribution in [2.45, 2.75) is 13.8 Å². The molecular weight excluding hydrogens is 528 g/mol. The summed E-state index contributed by atoms with van der Waals surface area (Å²) in [5.41, 5.74) is 12.7. The van der Waals surface area contributed by atoms with Crippen molar-refractivity contribution in [3.05, 3.63) is 169 Å². The van der Waals surface area contributed by atoms with E-state index in [9.17, 15) is 0 Å². The highest BCUT2D eigenvalue weighted by Gasteiger charge is 2.17. The van der Waals surface area contributed by atoms with Gasteiger partial charge >= 0.3 is 0 Å². The smallest absolute Gasteiger partial charge is 0.00262 e. The van der Waals surface area contributed by atoms with E-state index < -0.39 is 0 Å². The molecule has 0 heterocycles. The van der Waals surface area contributed by atoms with Crippen molar-refractivity contribution in [2.75, 3.05) is 0 Å². The highest BCUT2D eigenvalue weighted by Crippen LogP contribution is 2.44. The first-order valence-electron chi connectivity index (χ1n) is 15.4. The minimum Gasteiger partial charge on any atom is -0.0622 e. The average molecular weight is 561 g/mol. The zero-order valence-corrected chi connectivity index (χ0v) is 25.0. The maximum atomic E-state index is 2.37. The van der Waals surface area contributed by atoms with Gasteiger partial charge in [-0.25, -0.2) is 0 Å². The average Bonchev–Trinajstić information content (AvgIpc) is 3.07. The van der Waals surface area contributed by atoms with Gasteiger partial charge in [-0.1, -0.05) is 146 Å². The molecule has 0 saturated heterocycles. The monoisotopic (exact) mass is 560 g/mol. The third kappa shape index (κ3) is 4.39. The van der Waals surface area contributed by atoms with Crippen molar-refractivity contribution in [1.29, 1.82) is 0 Å². The topological polar surface area (TPSA) is 0 Å². The summed E-state index contributed by atoms with van der Waals surface area (Å²) in [6.45, 7) is 4.46. The van der Waals surface area contributed by atoms with Crippen LogP contribution in [-0.4, -0.2) is 0 Å². The third-order valence-electron chi connectivity index (χ3n) is 9.09. The lowest BCUT2D eigenvalue weighted by Gasteiger charge is -2.18. The summed E-state index contributed by atoms with van der Waals surface area (Å²) in [6, 6.07) is 57.8. The van der Waals surface area contributed by atoms with Crippen molar-refractivity contribution in [2.24, 2.45) is 0 Å². The standard InChI is InChI=1S/C44H32/c1-29-25-35(23-24-37(29)42-28-34-16-7-6-15-32(34)26-30(42)2)33-17-12-18-36(27-33)44-40-21-10-8-19-38(40)43(31-13-4-3-5-14-31)39-20-9-11-22-41(39)44/h3-28H,1-2H3. The molecule has 0 nitrogen and oxygen atoms in total. The maximum Gasteiger partial charge on any atom is -0.00262 e. The molecule has 0 unspecified atom stereocenters. The first-order valence-corrected chi connectivity index (χ1v) is 15.4. The molecule has 0 bridgehead atoms. The van der Waals surface area contributed by atoms with Crippen molar-refractivity contribution < 1.29 is 0 Å². The minimum absolute atomic E-state index is 1.23. The Morgan fingerprint density at radius 1 is 0.295 bits per heavy atom. The molecule has 0 aliphatic carbocycles. The van der Waals surface area contributed by atoms with Crippen LogP contribution in [0.15, 0.2) is 158 Å². The predicted molar refractivity (Wildman–Crippen MR) is 190 cm³/mol. The van der Waals surface area contributed by atoms with Crippen molar-refractivity contribution >= 4 is 32.3 Å². The Kier molecular flexibility index (Phi) is 6.35. The number of hydrogen-bond donors (Lipinski definition) is 0. The molecule has 0 aromatic heterocycles. The maximum absolute atomic E-state index is 2.37. The molecule has 0 spiro atoms. The second kappa shape index (κ2) is 10.7. The van der Waals surface area contributed by atoms with Crippen LogP contribution in [0.2, 0.25) is 0 Å². The molecule has 0 heteroatoms. The zero-order chi connectivity index (χ0) is 29.6. The highest BCUT2D eigenvalue weighted by molar-refractivity contribution is 6.21. The molecule has 208 valence electrons. The summed E-state index contributed by atoms with van der Waals surface area (Å²) in [7, 11) is 0. The highest BCUT2D eigenvalue weighted by atomic mass is 14.2. The fourth-order valence-electron chi connectivity index (χ4n) is 7.00. The van der Waals surface area contributed by atoms with Gasteiger partial charge in [0.25, 0.3) is 0 Å². The van der Waals surface area contributed by atoms with Gasteiger partial charge < -0.3 is 0 Å². The lowest BCUT2D eigenvalue weighted by atomic mass is 9.85. The molecule has 0 atom stereocenters. The summed E-state index contributed by atoms with van der Waals surface area (Å²) in [5, 5.41) is 7.69. The Morgan fingerprint density at radius 2 is 0.773 bits per heavy atom. The van der Waals surface area contributed by atoms with Crippen molar-refractivity contribution in [3.63, 3.8) is 0 Å². The van der Waals surface area contributed by atoms with Crippen molar-refractivity contribution in [1.82, 2.24) is 0 Å². The SMILES string of the molecule is Cc1cc(-c2cccc(-c3c4ccccc4c(-c4ccccc4)c4ccccc34)c2)ccc1-c1cc2ccccc2cc1C. The molecule has 8 rings (SSSR count). The molecule has 0 radical (unpaired) electrons. The zero-order valence-electron chi connectivity index (χ0n) is 25.0. The van der Waals surface area contributed by atoms with E-state index in [1.54, 1.807) is 0 Å². The van der Waals surface area contributed by atoms with Crippen LogP contribution in [0.25, 0.3) is 76.8 Å². The molecule has 44 heavy (non-hydrogen) atoms. The van der Waals surface area contributed by atoms with Crippen LogP contribution in [0.5, 0.6) is 0 Å². The van der Waals surface area contributed by atoms with Gasteiger partial charge in [0.1, 0.15) is 0 Å². The van der Waals surface area contributed by atoms with E-state index in [0.29, 0.717) is 0 Å². The van der Waals surface area contributed by atoms with E-state index in [4.69, 9.17) is 0 Å². The van der Waals surface area contributed by atoms with E-state index in [1.165, 1.54) is 88.0 Å².